The summed E-state index contributed by atoms with van der Waals surface area (Å²) in [6.07, 6.45) is 6.50. The number of carbonyl (C=O) groups is 1. The van der Waals surface area contributed by atoms with Crippen molar-refractivity contribution >= 4 is 21.8 Å². The smallest absolute Gasteiger partial charge is 0.223 e. The molecule has 0 N–H and O–H groups in total. The van der Waals surface area contributed by atoms with E-state index in [-0.39, 0.29) is 5.91 Å². The van der Waals surface area contributed by atoms with Gasteiger partial charge in [-0.2, -0.15) is 0 Å². The van der Waals surface area contributed by atoms with E-state index in [4.69, 9.17) is 4.42 Å². The Morgan fingerprint density at radius 2 is 2.35 bits per heavy atom. The lowest BCUT2D eigenvalue weighted by molar-refractivity contribution is -0.134. The van der Waals surface area contributed by atoms with E-state index in [2.05, 4.69) is 15.9 Å². The second-order valence-electron chi connectivity index (χ2n) is 4.44. The van der Waals surface area contributed by atoms with Gasteiger partial charge < -0.3 is 9.32 Å². The zero-order chi connectivity index (χ0) is 12.1. The van der Waals surface area contributed by atoms with Crippen molar-refractivity contribution in [1.82, 2.24) is 4.90 Å². The number of hydrogen-bond acceptors (Lipinski definition) is 2. The quantitative estimate of drug-likeness (QED) is 0.757. The van der Waals surface area contributed by atoms with Gasteiger partial charge in [-0.3, -0.25) is 4.79 Å². The molecule has 0 saturated heterocycles. The molecule has 0 aliphatic heterocycles. The lowest BCUT2D eigenvalue weighted by atomic mass is 9.91. The predicted molar refractivity (Wildman–Crippen MR) is 70.2 cm³/mol. The summed E-state index contributed by atoms with van der Waals surface area (Å²) in [6.45, 7) is 0.821. The van der Waals surface area contributed by atoms with Gasteiger partial charge in [0.25, 0.3) is 0 Å². The molecular weight excluding hydrogens is 282 g/mol. The van der Waals surface area contributed by atoms with Gasteiger partial charge in [0.1, 0.15) is 5.76 Å². The van der Waals surface area contributed by atoms with Crippen molar-refractivity contribution in [2.45, 2.75) is 38.1 Å². The molecule has 1 heterocycles. The van der Waals surface area contributed by atoms with Crippen LogP contribution in [0.15, 0.2) is 22.8 Å². The number of nitrogens with zero attached hydrogens (tertiary/aromatic N) is 1. The van der Waals surface area contributed by atoms with E-state index >= 15 is 0 Å². The normalized spacial score (nSPS) is 15.6. The highest BCUT2D eigenvalue weighted by Gasteiger charge is 2.27. The number of aryl methyl sites for hydroxylation is 1. The van der Waals surface area contributed by atoms with E-state index in [1.807, 2.05) is 17.0 Å². The average molecular weight is 300 g/mol. The van der Waals surface area contributed by atoms with E-state index in [1.165, 1.54) is 19.3 Å². The highest BCUT2D eigenvalue weighted by Crippen LogP contribution is 2.25. The van der Waals surface area contributed by atoms with Crippen molar-refractivity contribution < 1.29 is 9.21 Å². The Labute approximate surface area is 110 Å². The van der Waals surface area contributed by atoms with Gasteiger partial charge in [-0.15, -0.1) is 0 Å². The Kier molecular flexibility index (Phi) is 4.66. The number of halogens is 1. The predicted octanol–water partition coefficient (Wildman–Crippen LogP) is 2.99. The SMILES string of the molecule is O=C(CCc1ccco1)N(CCBr)C1CCC1. The summed E-state index contributed by atoms with van der Waals surface area (Å²) in [4.78, 5) is 14.2. The molecule has 0 bridgehead atoms. The molecule has 1 fully saturated rings. The molecule has 17 heavy (non-hydrogen) atoms. The van der Waals surface area contributed by atoms with Gasteiger partial charge in [0.15, 0.2) is 0 Å². The number of amides is 1. The minimum Gasteiger partial charge on any atom is -0.469 e. The Morgan fingerprint density at radius 1 is 1.53 bits per heavy atom. The van der Waals surface area contributed by atoms with Gasteiger partial charge in [-0.05, 0) is 31.4 Å². The zero-order valence-corrected chi connectivity index (χ0v) is 11.5. The first kappa shape index (κ1) is 12.7. The van der Waals surface area contributed by atoms with E-state index in [1.54, 1.807) is 6.26 Å². The number of rotatable bonds is 6. The van der Waals surface area contributed by atoms with Crippen LogP contribution >= 0.6 is 15.9 Å². The third kappa shape index (κ3) is 3.35. The molecular formula is C13H18BrNO2. The standard InChI is InChI=1S/C13H18BrNO2/c14-8-9-15(11-3-1-4-11)13(16)7-6-12-5-2-10-17-12/h2,5,10-11H,1,3-4,6-9H2. The highest BCUT2D eigenvalue weighted by atomic mass is 79.9. The number of hydrogen-bond donors (Lipinski definition) is 0. The highest BCUT2D eigenvalue weighted by molar-refractivity contribution is 9.09. The topological polar surface area (TPSA) is 33.5 Å². The summed E-state index contributed by atoms with van der Waals surface area (Å²) < 4.78 is 5.24. The minimum absolute atomic E-state index is 0.255. The maximum atomic E-state index is 12.1. The van der Waals surface area contributed by atoms with Crippen LogP contribution in [0, 0.1) is 0 Å². The molecule has 1 saturated carbocycles. The minimum atomic E-state index is 0.255. The second kappa shape index (κ2) is 6.24. The molecule has 0 unspecified atom stereocenters. The molecule has 0 aromatic carbocycles. The molecule has 1 aliphatic carbocycles. The first-order chi connectivity index (χ1) is 8.31. The molecule has 0 spiro atoms. The summed E-state index contributed by atoms with van der Waals surface area (Å²) in [7, 11) is 0. The summed E-state index contributed by atoms with van der Waals surface area (Å²) >= 11 is 3.42. The molecule has 94 valence electrons. The number of alkyl halides is 1. The molecule has 1 amide bonds. The van der Waals surface area contributed by atoms with Crippen LogP contribution in [-0.2, 0) is 11.2 Å². The fourth-order valence-corrected chi connectivity index (χ4v) is 2.51. The first-order valence-corrected chi connectivity index (χ1v) is 7.31. The van der Waals surface area contributed by atoms with Crippen molar-refractivity contribution in [3.63, 3.8) is 0 Å². The summed E-state index contributed by atoms with van der Waals surface area (Å²) in [5, 5.41) is 0.857. The number of furan rings is 1. The van der Waals surface area contributed by atoms with Crippen LogP contribution in [0.4, 0.5) is 0 Å². The summed E-state index contributed by atoms with van der Waals surface area (Å²) in [5.74, 6) is 1.15. The van der Waals surface area contributed by atoms with Crippen molar-refractivity contribution in [1.29, 1.82) is 0 Å². The maximum Gasteiger partial charge on any atom is 0.223 e. The molecule has 3 nitrogen and oxygen atoms in total. The fourth-order valence-electron chi connectivity index (χ4n) is 2.13. The Bertz CT molecular complexity index is 346. The van der Waals surface area contributed by atoms with Crippen LogP contribution in [0.5, 0.6) is 0 Å². The third-order valence-electron chi connectivity index (χ3n) is 3.33. The molecule has 0 radical (unpaired) electrons. The fraction of sp³-hybridized carbons (Fsp3) is 0.615. The van der Waals surface area contributed by atoms with E-state index in [0.29, 0.717) is 18.9 Å². The van der Waals surface area contributed by atoms with Crippen LogP contribution in [0.2, 0.25) is 0 Å². The number of carbonyl (C=O) groups excluding carboxylic acids is 1. The van der Waals surface area contributed by atoms with Gasteiger partial charge in [0, 0.05) is 30.8 Å². The molecule has 0 atom stereocenters. The van der Waals surface area contributed by atoms with E-state index in [9.17, 15) is 4.79 Å². The average Bonchev–Trinajstić information content (AvgIpc) is 2.75. The van der Waals surface area contributed by atoms with Crippen molar-refractivity contribution in [2.75, 3.05) is 11.9 Å². The lowest BCUT2D eigenvalue weighted by Crippen LogP contribution is -2.45. The van der Waals surface area contributed by atoms with Gasteiger partial charge in [-0.1, -0.05) is 15.9 Å². The van der Waals surface area contributed by atoms with Crippen molar-refractivity contribution in [2.24, 2.45) is 0 Å². The Hall–Kier alpha value is -0.770. The summed E-state index contributed by atoms with van der Waals surface area (Å²) in [5.41, 5.74) is 0. The molecule has 1 aliphatic rings. The van der Waals surface area contributed by atoms with E-state index in [0.717, 1.165) is 17.6 Å². The lowest BCUT2D eigenvalue weighted by Gasteiger charge is -2.37. The van der Waals surface area contributed by atoms with Crippen LogP contribution < -0.4 is 0 Å². The maximum absolute atomic E-state index is 12.1. The Balaban J connectivity index is 1.83. The Morgan fingerprint density at radius 3 is 2.88 bits per heavy atom. The summed E-state index contributed by atoms with van der Waals surface area (Å²) in [6, 6.07) is 4.27. The largest absolute Gasteiger partial charge is 0.469 e. The zero-order valence-electron chi connectivity index (χ0n) is 9.90. The van der Waals surface area contributed by atoms with Crippen LogP contribution in [0.25, 0.3) is 0 Å². The van der Waals surface area contributed by atoms with Crippen LogP contribution in [0.1, 0.15) is 31.4 Å². The van der Waals surface area contributed by atoms with Crippen LogP contribution in [-0.4, -0.2) is 28.7 Å². The molecule has 1 aromatic rings. The van der Waals surface area contributed by atoms with Crippen LogP contribution in [0.3, 0.4) is 0 Å². The second-order valence-corrected chi connectivity index (χ2v) is 5.23. The van der Waals surface area contributed by atoms with Gasteiger partial charge in [-0.25, -0.2) is 0 Å². The van der Waals surface area contributed by atoms with Gasteiger partial charge >= 0.3 is 0 Å². The first-order valence-electron chi connectivity index (χ1n) is 6.19. The van der Waals surface area contributed by atoms with E-state index < -0.39 is 0 Å². The third-order valence-corrected chi connectivity index (χ3v) is 3.68. The molecule has 4 heteroatoms. The van der Waals surface area contributed by atoms with Gasteiger partial charge in [0.05, 0.1) is 6.26 Å². The molecule has 1 aromatic heterocycles. The van der Waals surface area contributed by atoms with Gasteiger partial charge in [0.2, 0.25) is 5.91 Å². The molecule has 2 rings (SSSR count). The monoisotopic (exact) mass is 299 g/mol. The van der Waals surface area contributed by atoms with Crippen molar-refractivity contribution in [3.8, 4) is 0 Å². The van der Waals surface area contributed by atoms with Crippen molar-refractivity contribution in [3.05, 3.63) is 24.2 Å².